The lowest BCUT2D eigenvalue weighted by atomic mass is 10.1. The Balaban J connectivity index is 1.82. The molecule has 0 aliphatic heterocycles. The number of alkyl halides is 3. The lowest BCUT2D eigenvalue weighted by Crippen LogP contribution is -2.22. The molecule has 6 nitrogen and oxygen atoms in total. The minimum atomic E-state index is -4.56. The molecule has 3 rings (SSSR count). The second-order valence-electron chi connectivity index (χ2n) is 6.41. The number of esters is 1. The van der Waals surface area contributed by atoms with Crippen molar-refractivity contribution in [3.8, 4) is 0 Å². The number of carbonyl (C=O) groups is 2. The molecule has 10 heteroatoms. The van der Waals surface area contributed by atoms with Crippen molar-refractivity contribution in [3.05, 3.63) is 33.5 Å². The number of hydrogen-bond donors (Lipinski definition) is 1. The number of halogens is 3. The maximum Gasteiger partial charge on any atom is 0.435 e. The Kier molecular flexibility index (Phi) is 5.02. The number of rotatable bonds is 5. The molecule has 1 fully saturated rings. The molecule has 0 saturated heterocycles. The molecule has 146 valence electrons. The van der Waals surface area contributed by atoms with Gasteiger partial charge in [0.05, 0.1) is 12.7 Å². The first-order valence-electron chi connectivity index (χ1n) is 8.25. The number of thiophene rings is 1. The summed E-state index contributed by atoms with van der Waals surface area (Å²) in [7, 11) is 1.24. The van der Waals surface area contributed by atoms with Crippen molar-refractivity contribution in [1.82, 2.24) is 9.78 Å². The average molecular weight is 401 g/mol. The van der Waals surface area contributed by atoms with Gasteiger partial charge < -0.3 is 10.1 Å². The van der Waals surface area contributed by atoms with E-state index in [0.717, 1.165) is 28.5 Å². The average Bonchev–Trinajstić information content (AvgIpc) is 3.27. The Labute approximate surface area is 157 Å². The molecule has 2 aromatic rings. The van der Waals surface area contributed by atoms with E-state index < -0.39 is 23.7 Å². The summed E-state index contributed by atoms with van der Waals surface area (Å²) in [5.74, 6) is -1.14. The molecule has 1 aliphatic rings. The first-order chi connectivity index (χ1) is 12.6. The molecule has 2 heterocycles. The van der Waals surface area contributed by atoms with Gasteiger partial charge in [-0.15, -0.1) is 11.3 Å². The highest BCUT2D eigenvalue weighted by Gasteiger charge is 2.38. The summed E-state index contributed by atoms with van der Waals surface area (Å²) in [5.41, 5.74) is 0.353. The summed E-state index contributed by atoms with van der Waals surface area (Å²) < 4.78 is 44.7. The van der Waals surface area contributed by atoms with E-state index in [9.17, 15) is 22.8 Å². The highest BCUT2D eigenvalue weighted by Crippen LogP contribution is 2.42. The van der Waals surface area contributed by atoms with Crippen LogP contribution in [0.2, 0.25) is 0 Å². The van der Waals surface area contributed by atoms with Crippen LogP contribution in [0.4, 0.5) is 18.2 Å². The number of hydrogen-bond acceptors (Lipinski definition) is 5. The number of nitrogens with one attached hydrogen (secondary N) is 1. The smallest absolute Gasteiger partial charge is 0.435 e. The summed E-state index contributed by atoms with van der Waals surface area (Å²) >= 11 is 1.21. The fourth-order valence-corrected chi connectivity index (χ4v) is 3.83. The Morgan fingerprint density at radius 3 is 2.59 bits per heavy atom. The minimum Gasteiger partial charge on any atom is -0.465 e. The van der Waals surface area contributed by atoms with E-state index in [1.807, 2.05) is 0 Å². The van der Waals surface area contributed by atoms with Gasteiger partial charge in [0, 0.05) is 16.5 Å². The number of nitrogens with zero attached hydrogens (tertiary/aromatic N) is 2. The first kappa shape index (κ1) is 19.4. The van der Waals surface area contributed by atoms with E-state index in [1.165, 1.54) is 18.4 Å². The molecule has 2 aromatic heterocycles. The second-order valence-corrected chi connectivity index (χ2v) is 7.64. The van der Waals surface area contributed by atoms with Crippen molar-refractivity contribution in [2.45, 2.75) is 45.3 Å². The van der Waals surface area contributed by atoms with Crippen LogP contribution in [0.1, 0.15) is 50.9 Å². The molecular weight excluding hydrogens is 383 g/mol. The zero-order chi connectivity index (χ0) is 19.9. The van der Waals surface area contributed by atoms with Gasteiger partial charge in [-0.2, -0.15) is 18.3 Å². The van der Waals surface area contributed by atoms with Crippen LogP contribution in [0.5, 0.6) is 0 Å². The lowest BCUT2D eigenvalue weighted by Gasteiger charge is -2.08. The molecule has 0 spiro atoms. The van der Waals surface area contributed by atoms with Crippen molar-refractivity contribution in [3.63, 3.8) is 0 Å². The Hall–Kier alpha value is -2.36. The lowest BCUT2D eigenvalue weighted by molar-refractivity contribution is -0.141. The van der Waals surface area contributed by atoms with Gasteiger partial charge in [0.1, 0.15) is 11.5 Å². The van der Waals surface area contributed by atoms with Crippen LogP contribution in [-0.4, -0.2) is 28.8 Å². The third-order valence-electron chi connectivity index (χ3n) is 4.42. The van der Waals surface area contributed by atoms with Crippen LogP contribution >= 0.6 is 11.3 Å². The summed E-state index contributed by atoms with van der Waals surface area (Å²) in [4.78, 5) is 25.2. The number of amides is 1. The van der Waals surface area contributed by atoms with E-state index in [-0.39, 0.29) is 18.0 Å². The van der Waals surface area contributed by atoms with Gasteiger partial charge in [-0.05, 0) is 38.3 Å². The van der Waals surface area contributed by atoms with E-state index in [2.05, 4.69) is 10.4 Å². The van der Waals surface area contributed by atoms with Gasteiger partial charge in [-0.1, -0.05) is 0 Å². The standard InChI is InChI=1S/C17H18F3N3O3S/c1-8-9(2)27-15(14(8)16(25)26-3)21-13(24)7-23-11(10-4-5-10)6-12(22-23)17(18,19)20/h6,10H,4-5,7H2,1-3H3,(H,21,24). The van der Waals surface area contributed by atoms with Crippen LogP contribution in [0.25, 0.3) is 0 Å². The zero-order valence-electron chi connectivity index (χ0n) is 14.9. The van der Waals surface area contributed by atoms with E-state index >= 15 is 0 Å². The molecule has 0 aromatic carbocycles. The molecule has 0 radical (unpaired) electrons. The van der Waals surface area contributed by atoms with Gasteiger partial charge in [-0.25, -0.2) is 4.79 Å². The predicted molar refractivity (Wildman–Crippen MR) is 93.0 cm³/mol. The Morgan fingerprint density at radius 2 is 2.04 bits per heavy atom. The van der Waals surface area contributed by atoms with Gasteiger partial charge in [0.15, 0.2) is 5.69 Å². The van der Waals surface area contributed by atoms with Crippen molar-refractivity contribution in [2.75, 3.05) is 12.4 Å². The predicted octanol–water partition coefficient (Wildman–Crippen LogP) is 3.88. The summed E-state index contributed by atoms with van der Waals surface area (Å²) in [6, 6.07) is 1.00. The quantitative estimate of drug-likeness (QED) is 0.772. The van der Waals surface area contributed by atoms with Crippen molar-refractivity contribution in [2.24, 2.45) is 0 Å². The third-order valence-corrected chi connectivity index (χ3v) is 5.54. The molecule has 0 unspecified atom stereocenters. The van der Waals surface area contributed by atoms with Crippen LogP contribution in [0.15, 0.2) is 6.07 Å². The number of methoxy groups -OCH3 is 1. The summed E-state index contributed by atoms with van der Waals surface area (Å²) in [5, 5.41) is 6.49. The second kappa shape index (κ2) is 6.99. The van der Waals surface area contributed by atoms with Crippen LogP contribution in [0, 0.1) is 13.8 Å². The first-order valence-corrected chi connectivity index (χ1v) is 9.06. The van der Waals surface area contributed by atoms with Gasteiger partial charge >= 0.3 is 12.1 Å². The maximum atomic E-state index is 13.0. The van der Waals surface area contributed by atoms with E-state index in [1.54, 1.807) is 13.8 Å². The number of aromatic nitrogens is 2. The molecule has 27 heavy (non-hydrogen) atoms. The number of ether oxygens (including phenoxy) is 1. The van der Waals surface area contributed by atoms with Gasteiger partial charge in [0.25, 0.3) is 0 Å². The van der Waals surface area contributed by atoms with Crippen LogP contribution in [0.3, 0.4) is 0 Å². The Morgan fingerprint density at radius 1 is 1.37 bits per heavy atom. The number of anilines is 1. The van der Waals surface area contributed by atoms with Gasteiger partial charge in [0.2, 0.25) is 5.91 Å². The largest absolute Gasteiger partial charge is 0.465 e. The molecule has 0 bridgehead atoms. The van der Waals surface area contributed by atoms with Crippen LogP contribution < -0.4 is 5.32 Å². The highest BCUT2D eigenvalue weighted by atomic mass is 32.1. The maximum absolute atomic E-state index is 13.0. The minimum absolute atomic E-state index is 0.00161. The molecular formula is C17H18F3N3O3S. The van der Waals surface area contributed by atoms with Crippen molar-refractivity contribution >= 4 is 28.2 Å². The normalized spacial score (nSPS) is 14.3. The van der Waals surface area contributed by atoms with Gasteiger partial charge in [-0.3, -0.25) is 9.48 Å². The fourth-order valence-electron chi connectivity index (χ4n) is 2.77. The van der Waals surface area contributed by atoms with Crippen LogP contribution in [-0.2, 0) is 22.3 Å². The molecule has 0 atom stereocenters. The molecule has 1 amide bonds. The summed E-state index contributed by atoms with van der Waals surface area (Å²) in [6.07, 6.45) is -3.01. The van der Waals surface area contributed by atoms with Crippen molar-refractivity contribution in [1.29, 1.82) is 0 Å². The van der Waals surface area contributed by atoms with E-state index in [0.29, 0.717) is 16.3 Å². The third kappa shape index (κ3) is 4.00. The highest BCUT2D eigenvalue weighted by molar-refractivity contribution is 7.16. The topological polar surface area (TPSA) is 73.2 Å². The zero-order valence-corrected chi connectivity index (χ0v) is 15.8. The number of aryl methyl sites for hydroxylation is 1. The molecule has 1 saturated carbocycles. The Bertz CT molecular complexity index is 897. The molecule has 1 aliphatic carbocycles. The number of carbonyl (C=O) groups excluding carboxylic acids is 2. The summed E-state index contributed by atoms with van der Waals surface area (Å²) in [6.45, 7) is 3.18. The molecule has 1 N–H and O–H groups in total. The monoisotopic (exact) mass is 401 g/mol. The van der Waals surface area contributed by atoms with E-state index in [4.69, 9.17) is 4.74 Å². The SMILES string of the molecule is COC(=O)c1c(NC(=O)Cn2nc(C(F)(F)F)cc2C2CC2)sc(C)c1C. The fraction of sp³-hybridized carbons (Fsp3) is 0.471. The van der Waals surface area contributed by atoms with Crippen molar-refractivity contribution < 1.29 is 27.5 Å².